The third-order valence-electron chi connectivity index (χ3n) is 3.77. The van der Waals surface area contributed by atoms with Crippen LogP contribution in [0.5, 0.6) is 0 Å². The molecule has 0 bridgehead atoms. The molecule has 1 heterocycles. The van der Waals surface area contributed by atoms with E-state index in [9.17, 15) is 13.2 Å². The molecule has 0 aliphatic carbocycles. The molecule has 1 aliphatic rings. The van der Waals surface area contributed by atoms with Crippen LogP contribution in [0, 0.1) is 0 Å². The molecule has 1 fully saturated rings. The predicted octanol–water partition coefficient (Wildman–Crippen LogP) is 3.67. The summed E-state index contributed by atoms with van der Waals surface area (Å²) in [5, 5.41) is 3.48. The lowest BCUT2D eigenvalue weighted by atomic mass is 10.1. The molecule has 1 aromatic rings. The fraction of sp³-hybridized carbons (Fsp3) is 0.600. The van der Waals surface area contributed by atoms with E-state index in [2.05, 4.69) is 24.1 Å². The van der Waals surface area contributed by atoms with Crippen LogP contribution in [0.25, 0.3) is 0 Å². The number of rotatable bonds is 1. The van der Waals surface area contributed by atoms with Crippen molar-refractivity contribution in [3.63, 3.8) is 0 Å². The second-order valence-electron chi connectivity index (χ2n) is 5.58. The van der Waals surface area contributed by atoms with Gasteiger partial charge in [0.25, 0.3) is 0 Å². The molecule has 1 aromatic carbocycles. The van der Waals surface area contributed by atoms with E-state index in [4.69, 9.17) is 0 Å². The maximum absolute atomic E-state index is 12.8. The van der Waals surface area contributed by atoms with Gasteiger partial charge in [0.2, 0.25) is 0 Å². The molecule has 1 saturated heterocycles. The van der Waals surface area contributed by atoms with Gasteiger partial charge in [0.15, 0.2) is 0 Å². The average molecular weight is 286 g/mol. The van der Waals surface area contributed by atoms with Gasteiger partial charge < -0.3 is 10.2 Å². The third-order valence-corrected chi connectivity index (χ3v) is 3.77. The smallest absolute Gasteiger partial charge is 0.371 e. The molecule has 2 rings (SSSR count). The summed E-state index contributed by atoms with van der Waals surface area (Å²) in [6.07, 6.45) is -2.41. The Kier molecular flexibility index (Phi) is 4.58. The second kappa shape index (κ2) is 6.04. The fourth-order valence-corrected chi connectivity index (χ4v) is 2.60. The van der Waals surface area contributed by atoms with Crippen LogP contribution in [0.2, 0.25) is 0 Å². The van der Waals surface area contributed by atoms with Crippen LogP contribution in [-0.2, 0) is 6.18 Å². The van der Waals surface area contributed by atoms with Crippen molar-refractivity contribution in [2.75, 3.05) is 18.0 Å². The minimum Gasteiger partial charge on any atom is -0.371 e. The number of nitrogens with one attached hydrogen (secondary N) is 1. The Morgan fingerprint density at radius 2 is 1.70 bits per heavy atom. The van der Waals surface area contributed by atoms with Crippen LogP contribution in [0.1, 0.15) is 32.3 Å². The molecule has 0 spiro atoms. The van der Waals surface area contributed by atoms with Crippen LogP contribution in [-0.4, -0.2) is 25.2 Å². The van der Waals surface area contributed by atoms with Crippen molar-refractivity contribution in [2.45, 2.75) is 44.9 Å². The van der Waals surface area contributed by atoms with E-state index in [1.807, 2.05) is 0 Å². The summed E-state index contributed by atoms with van der Waals surface area (Å²) in [5.74, 6) is 0. The highest BCUT2D eigenvalue weighted by atomic mass is 19.4. The Bertz CT molecular complexity index is 433. The van der Waals surface area contributed by atoms with E-state index in [0.717, 1.165) is 32.0 Å². The van der Waals surface area contributed by atoms with Gasteiger partial charge in [-0.3, -0.25) is 0 Å². The van der Waals surface area contributed by atoms with Crippen molar-refractivity contribution in [1.82, 2.24) is 5.32 Å². The molecule has 2 nitrogen and oxygen atoms in total. The first-order valence-electron chi connectivity index (χ1n) is 7.04. The fourth-order valence-electron chi connectivity index (χ4n) is 2.60. The lowest BCUT2D eigenvalue weighted by Crippen LogP contribution is -2.43. The van der Waals surface area contributed by atoms with Crippen LogP contribution in [0.15, 0.2) is 24.3 Å². The van der Waals surface area contributed by atoms with E-state index < -0.39 is 11.7 Å². The molecule has 0 radical (unpaired) electrons. The summed E-state index contributed by atoms with van der Waals surface area (Å²) in [6.45, 7) is 5.79. The van der Waals surface area contributed by atoms with Gasteiger partial charge >= 0.3 is 6.18 Å². The zero-order chi connectivity index (χ0) is 14.8. The number of alkyl halides is 3. The molecular formula is C15H21F3N2. The van der Waals surface area contributed by atoms with E-state index >= 15 is 0 Å². The number of benzene rings is 1. The summed E-state index contributed by atoms with van der Waals surface area (Å²) >= 11 is 0. The molecule has 5 heteroatoms. The standard InChI is InChI=1S/C15H21F3N2/c1-11-6-8-20(9-7-12(2)19-11)14-5-3-4-13(10-14)15(16,17)18/h3-5,10-12,19H,6-9H2,1-2H3. The average Bonchev–Trinajstić information content (AvgIpc) is 2.36. The Balaban J connectivity index is 2.17. The minimum atomic E-state index is -4.28. The van der Waals surface area contributed by atoms with Crippen LogP contribution >= 0.6 is 0 Å². The number of halogens is 3. The molecule has 20 heavy (non-hydrogen) atoms. The Hall–Kier alpha value is -1.23. The normalized spacial score (nSPS) is 25.1. The Morgan fingerprint density at radius 1 is 1.10 bits per heavy atom. The highest BCUT2D eigenvalue weighted by Gasteiger charge is 2.31. The second-order valence-corrected chi connectivity index (χ2v) is 5.58. The van der Waals surface area contributed by atoms with Gasteiger partial charge in [-0.2, -0.15) is 13.2 Å². The molecule has 112 valence electrons. The van der Waals surface area contributed by atoms with Gasteiger partial charge in [0.1, 0.15) is 0 Å². The van der Waals surface area contributed by atoms with Gasteiger partial charge in [-0.15, -0.1) is 0 Å². The van der Waals surface area contributed by atoms with Gasteiger partial charge in [0, 0.05) is 30.9 Å². The molecule has 0 aromatic heterocycles. The van der Waals surface area contributed by atoms with Gasteiger partial charge in [-0.25, -0.2) is 0 Å². The third kappa shape index (κ3) is 3.88. The molecule has 0 amide bonds. The van der Waals surface area contributed by atoms with Gasteiger partial charge in [-0.1, -0.05) is 6.07 Å². The lowest BCUT2D eigenvalue weighted by molar-refractivity contribution is -0.137. The van der Waals surface area contributed by atoms with Crippen molar-refractivity contribution < 1.29 is 13.2 Å². The zero-order valence-corrected chi connectivity index (χ0v) is 11.9. The van der Waals surface area contributed by atoms with Crippen molar-refractivity contribution in [3.05, 3.63) is 29.8 Å². The van der Waals surface area contributed by atoms with Crippen molar-refractivity contribution >= 4 is 5.69 Å². The topological polar surface area (TPSA) is 15.3 Å². The predicted molar refractivity (Wildman–Crippen MR) is 75.0 cm³/mol. The first kappa shape index (κ1) is 15.2. The molecule has 1 aliphatic heterocycles. The van der Waals surface area contributed by atoms with E-state index in [1.54, 1.807) is 6.07 Å². The largest absolute Gasteiger partial charge is 0.416 e. The molecule has 0 saturated carbocycles. The first-order valence-corrected chi connectivity index (χ1v) is 7.04. The number of anilines is 1. The monoisotopic (exact) mass is 286 g/mol. The summed E-state index contributed by atoms with van der Waals surface area (Å²) in [5.41, 5.74) is 0.0948. The van der Waals surface area contributed by atoms with Gasteiger partial charge in [0.05, 0.1) is 5.56 Å². The summed E-state index contributed by atoms with van der Waals surface area (Å²) in [4.78, 5) is 2.06. The molecular weight excluding hydrogens is 265 g/mol. The maximum atomic E-state index is 12.8. The number of hydrogen-bond donors (Lipinski definition) is 1. The minimum absolute atomic E-state index is 0.388. The molecule has 2 unspecified atom stereocenters. The summed E-state index contributed by atoms with van der Waals surface area (Å²) < 4.78 is 38.3. The SMILES string of the molecule is CC1CCN(c2cccc(C(F)(F)F)c2)CCC(C)N1. The quantitative estimate of drug-likeness (QED) is 0.847. The molecule has 1 N–H and O–H groups in total. The highest BCUT2D eigenvalue weighted by Crippen LogP contribution is 2.32. The van der Waals surface area contributed by atoms with Crippen molar-refractivity contribution in [2.24, 2.45) is 0 Å². The number of nitrogens with zero attached hydrogens (tertiary/aromatic N) is 1. The van der Waals surface area contributed by atoms with E-state index in [-0.39, 0.29) is 0 Å². The van der Waals surface area contributed by atoms with E-state index in [1.165, 1.54) is 12.1 Å². The van der Waals surface area contributed by atoms with Crippen molar-refractivity contribution in [3.8, 4) is 0 Å². The van der Waals surface area contributed by atoms with E-state index in [0.29, 0.717) is 17.8 Å². The summed E-state index contributed by atoms with van der Waals surface area (Å²) in [6, 6.07) is 6.41. The van der Waals surface area contributed by atoms with Gasteiger partial charge in [-0.05, 0) is 44.9 Å². The van der Waals surface area contributed by atoms with Crippen molar-refractivity contribution in [1.29, 1.82) is 0 Å². The lowest BCUT2D eigenvalue weighted by Gasteiger charge is -2.32. The Morgan fingerprint density at radius 3 is 2.25 bits per heavy atom. The van der Waals surface area contributed by atoms with Crippen LogP contribution < -0.4 is 10.2 Å². The molecule has 2 atom stereocenters. The van der Waals surface area contributed by atoms with Crippen LogP contribution in [0.3, 0.4) is 0 Å². The van der Waals surface area contributed by atoms with Crippen LogP contribution in [0.4, 0.5) is 18.9 Å². The zero-order valence-electron chi connectivity index (χ0n) is 11.9. The Labute approximate surface area is 118 Å². The first-order chi connectivity index (χ1) is 9.36. The summed E-state index contributed by atoms with van der Waals surface area (Å²) in [7, 11) is 0. The highest BCUT2D eigenvalue weighted by molar-refractivity contribution is 5.49. The maximum Gasteiger partial charge on any atom is 0.416 e. The number of hydrogen-bond acceptors (Lipinski definition) is 2.